The lowest BCUT2D eigenvalue weighted by molar-refractivity contribution is 0.0753. The lowest BCUT2D eigenvalue weighted by Crippen LogP contribution is -2.34. The third-order valence-electron chi connectivity index (χ3n) is 3.11. The van der Waals surface area contributed by atoms with Gasteiger partial charge in [0.25, 0.3) is 5.91 Å². The van der Waals surface area contributed by atoms with E-state index in [9.17, 15) is 4.79 Å². The lowest BCUT2D eigenvalue weighted by atomic mass is 10.0. The number of hydrogen-bond donors (Lipinski definition) is 1. The average molecular weight is 248 g/mol. The number of benzene rings is 1. The van der Waals surface area contributed by atoms with Gasteiger partial charge in [0.2, 0.25) is 0 Å². The van der Waals surface area contributed by atoms with Gasteiger partial charge in [0.15, 0.2) is 0 Å². The molecular formula is C15H24N2O. The predicted octanol–water partition coefficient (Wildman–Crippen LogP) is 2.50. The summed E-state index contributed by atoms with van der Waals surface area (Å²) in [6, 6.07) is 5.98. The van der Waals surface area contributed by atoms with Gasteiger partial charge in [-0.1, -0.05) is 25.1 Å². The van der Waals surface area contributed by atoms with Crippen molar-refractivity contribution in [1.82, 2.24) is 4.90 Å². The smallest absolute Gasteiger partial charge is 0.254 e. The third kappa shape index (κ3) is 3.57. The number of carbonyl (C=O) groups is 1. The van der Waals surface area contributed by atoms with Crippen LogP contribution in [0, 0.1) is 13.8 Å². The highest BCUT2D eigenvalue weighted by Gasteiger charge is 2.18. The molecule has 0 heterocycles. The number of carbonyl (C=O) groups excluding carboxylic acids is 1. The second kappa shape index (κ2) is 7.17. The van der Waals surface area contributed by atoms with E-state index in [-0.39, 0.29) is 5.91 Å². The topological polar surface area (TPSA) is 46.3 Å². The van der Waals surface area contributed by atoms with Gasteiger partial charge in [0.05, 0.1) is 0 Å². The molecule has 1 aromatic rings. The zero-order chi connectivity index (χ0) is 13.5. The minimum atomic E-state index is 0.140. The summed E-state index contributed by atoms with van der Waals surface area (Å²) in [4.78, 5) is 14.5. The van der Waals surface area contributed by atoms with Crippen LogP contribution in [-0.4, -0.2) is 30.4 Å². The molecule has 0 saturated carbocycles. The molecule has 3 nitrogen and oxygen atoms in total. The van der Waals surface area contributed by atoms with Crippen LogP contribution >= 0.6 is 0 Å². The molecule has 0 aromatic heterocycles. The van der Waals surface area contributed by atoms with Crippen molar-refractivity contribution in [3.63, 3.8) is 0 Å². The Bertz CT molecular complexity index is 381. The Morgan fingerprint density at radius 1 is 1.22 bits per heavy atom. The van der Waals surface area contributed by atoms with Crippen molar-refractivity contribution in [3.8, 4) is 0 Å². The first-order chi connectivity index (χ1) is 8.61. The van der Waals surface area contributed by atoms with E-state index in [0.29, 0.717) is 6.54 Å². The molecule has 1 rings (SSSR count). The van der Waals surface area contributed by atoms with E-state index in [1.165, 1.54) is 0 Å². The highest BCUT2D eigenvalue weighted by molar-refractivity contribution is 5.97. The first-order valence-electron chi connectivity index (χ1n) is 6.67. The molecule has 3 heteroatoms. The summed E-state index contributed by atoms with van der Waals surface area (Å²) in [5.41, 5.74) is 8.48. The lowest BCUT2D eigenvalue weighted by Gasteiger charge is -2.23. The zero-order valence-corrected chi connectivity index (χ0v) is 11.7. The molecule has 18 heavy (non-hydrogen) atoms. The van der Waals surface area contributed by atoms with E-state index in [2.05, 4.69) is 6.92 Å². The Hall–Kier alpha value is -1.35. The molecule has 0 radical (unpaired) electrons. The monoisotopic (exact) mass is 248 g/mol. The van der Waals surface area contributed by atoms with Crippen LogP contribution in [0.15, 0.2) is 18.2 Å². The number of aryl methyl sites for hydroxylation is 2. The number of nitrogens with zero attached hydrogens (tertiary/aromatic N) is 1. The number of rotatable bonds is 6. The fourth-order valence-corrected chi connectivity index (χ4v) is 2.18. The van der Waals surface area contributed by atoms with E-state index in [1.807, 2.05) is 36.9 Å². The maximum absolute atomic E-state index is 12.6. The van der Waals surface area contributed by atoms with Crippen LogP contribution in [0.3, 0.4) is 0 Å². The Labute approximate surface area is 110 Å². The number of hydrogen-bond acceptors (Lipinski definition) is 2. The molecule has 0 aliphatic carbocycles. The molecule has 0 bridgehead atoms. The Balaban J connectivity index is 2.94. The number of amides is 1. The molecule has 0 aliphatic heterocycles. The maximum atomic E-state index is 12.6. The van der Waals surface area contributed by atoms with Crippen LogP contribution in [0.25, 0.3) is 0 Å². The first kappa shape index (κ1) is 14.7. The van der Waals surface area contributed by atoms with Gasteiger partial charge in [-0.15, -0.1) is 0 Å². The molecule has 1 amide bonds. The highest BCUT2D eigenvalue weighted by Crippen LogP contribution is 2.16. The minimum Gasteiger partial charge on any atom is -0.339 e. The van der Waals surface area contributed by atoms with Crippen LogP contribution < -0.4 is 5.73 Å². The Morgan fingerprint density at radius 3 is 2.33 bits per heavy atom. The van der Waals surface area contributed by atoms with Crippen LogP contribution in [0.4, 0.5) is 0 Å². The molecular weight excluding hydrogens is 224 g/mol. The minimum absolute atomic E-state index is 0.140. The van der Waals surface area contributed by atoms with E-state index in [1.54, 1.807) is 0 Å². The molecule has 0 spiro atoms. The number of nitrogens with two attached hydrogens (primary N) is 1. The van der Waals surface area contributed by atoms with Gasteiger partial charge in [0.1, 0.15) is 0 Å². The molecule has 0 fully saturated rings. The molecule has 2 N–H and O–H groups in total. The fourth-order valence-electron chi connectivity index (χ4n) is 2.18. The van der Waals surface area contributed by atoms with Crippen molar-refractivity contribution in [3.05, 3.63) is 34.9 Å². The van der Waals surface area contributed by atoms with Crippen LogP contribution in [0.1, 0.15) is 41.3 Å². The molecule has 100 valence electrons. The normalized spacial score (nSPS) is 10.4. The fraction of sp³-hybridized carbons (Fsp3) is 0.533. The SMILES string of the molecule is CCCN(CCCN)C(=O)c1c(C)cccc1C. The third-order valence-corrected chi connectivity index (χ3v) is 3.11. The van der Waals surface area contributed by atoms with Crippen molar-refractivity contribution in [1.29, 1.82) is 0 Å². The van der Waals surface area contributed by atoms with Crippen molar-refractivity contribution in [2.75, 3.05) is 19.6 Å². The standard InChI is InChI=1S/C15H24N2O/c1-4-10-17(11-6-9-16)15(18)14-12(2)7-5-8-13(14)3/h5,7-8H,4,6,9-11,16H2,1-3H3. The quantitative estimate of drug-likeness (QED) is 0.840. The van der Waals surface area contributed by atoms with Crippen LogP contribution in [0.2, 0.25) is 0 Å². The average Bonchev–Trinajstić information content (AvgIpc) is 2.34. The van der Waals surface area contributed by atoms with Gasteiger partial charge < -0.3 is 10.6 Å². The predicted molar refractivity (Wildman–Crippen MR) is 75.8 cm³/mol. The summed E-state index contributed by atoms with van der Waals surface area (Å²) in [5.74, 6) is 0.140. The van der Waals surface area contributed by atoms with E-state index in [0.717, 1.165) is 42.6 Å². The van der Waals surface area contributed by atoms with Gasteiger partial charge >= 0.3 is 0 Å². The van der Waals surface area contributed by atoms with Gasteiger partial charge in [0, 0.05) is 18.7 Å². The molecule has 0 aliphatic rings. The largest absolute Gasteiger partial charge is 0.339 e. The van der Waals surface area contributed by atoms with Gasteiger partial charge in [-0.25, -0.2) is 0 Å². The molecule has 0 atom stereocenters. The second-order valence-electron chi connectivity index (χ2n) is 4.70. The van der Waals surface area contributed by atoms with Crippen molar-refractivity contribution >= 4 is 5.91 Å². The van der Waals surface area contributed by atoms with Crippen molar-refractivity contribution < 1.29 is 4.79 Å². The summed E-state index contributed by atoms with van der Waals surface area (Å²) in [5, 5.41) is 0. The van der Waals surface area contributed by atoms with Crippen LogP contribution in [0.5, 0.6) is 0 Å². The van der Waals surface area contributed by atoms with Crippen molar-refractivity contribution in [2.24, 2.45) is 5.73 Å². The molecule has 0 saturated heterocycles. The van der Waals surface area contributed by atoms with Crippen LogP contribution in [-0.2, 0) is 0 Å². The summed E-state index contributed by atoms with van der Waals surface area (Å²) in [7, 11) is 0. The summed E-state index contributed by atoms with van der Waals surface area (Å²) < 4.78 is 0. The molecule has 0 unspecified atom stereocenters. The molecule has 1 aromatic carbocycles. The maximum Gasteiger partial charge on any atom is 0.254 e. The first-order valence-corrected chi connectivity index (χ1v) is 6.67. The summed E-state index contributed by atoms with van der Waals surface area (Å²) in [6.45, 7) is 8.25. The van der Waals surface area contributed by atoms with E-state index >= 15 is 0 Å². The zero-order valence-electron chi connectivity index (χ0n) is 11.7. The van der Waals surface area contributed by atoms with Gasteiger partial charge in [-0.05, 0) is 44.4 Å². The van der Waals surface area contributed by atoms with Gasteiger partial charge in [-0.2, -0.15) is 0 Å². The van der Waals surface area contributed by atoms with Gasteiger partial charge in [-0.3, -0.25) is 4.79 Å². The van der Waals surface area contributed by atoms with Crippen molar-refractivity contribution in [2.45, 2.75) is 33.6 Å². The second-order valence-corrected chi connectivity index (χ2v) is 4.70. The highest BCUT2D eigenvalue weighted by atomic mass is 16.2. The van der Waals surface area contributed by atoms with E-state index in [4.69, 9.17) is 5.73 Å². The summed E-state index contributed by atoms with van der Waals surface area (Å²) in [6.07, 6.45) is 1.83. The Morgan fingerprint density at radius 2 is 1.83 bits per heavy atom. The van der Waals surface area contributed by atoms with E-state index < -0.39 is 0 Å². The summed E-state index contributed by atoms with van der Waals surface area (Å²) >= 11 is 0. The Kier molecular flexibility index (Phi) is 5.86.